The van der Waals surface area contributed by atoms with Gasteiger partial charge in [-0.2, -0.15) is 0 Å². The van der Waals surface area contributed by atoms with Crippen LogP contribution >= 0.6 is 0 Å². The van der Waals surface area contributed by atoms with Gasteiger partial charge < -0.3 is 23.9 Å². The van der Waals surface area contributed by atoms with Crippen molar-refractivity contribution >= 4 is 11.9 Å². The Morgan fingerprint density at radius 1 is 1.22 bits per heavy atom. The summed E-state index contributed by atoms with van der Waals surface area (Å²) in [4.78, 5) is 39.4. The Morgan fingerprint density at radius 3 is 2.63 bits per heavy atom. The van der Waals surface area contributed by atoms with Crippen LogP contribution in [0.2, 0.25) is 0 Å². The first-order chi connectivity index (χ1) is 13.0. The summed E-state index contributed by atoms with van der Waals surface area (Å²) >= 11 is 0. The van der Waals surface area contributed by atoms with Crippen molar-refractivity contribution in [2.24, 2.45) is 0 Å². The SMILES string of the molecule is CCOC(=O)c1c[nH]c(=O)c2c1OC(=O)C[C@@H]2c1ccc(OC)c(OC)c1. The number of H-pyrrole nitrogens is 1. The lowest BCUT2D eigenvalue weighted by atomic mass is 9.86. The third-order valence-electron chi connectivity index (χ3n) is 4.32. The molecule has 0 saturated carbocycles. The van der Waals surface area contributed by atoms with Gasteiger partial charge in [0.2, 0.25) is 0 Å². The van der Waals surface area contributed by atoms with Gasteiger partial charge in [0.05, 0.1) is 32.8 Å². The molecule has 1 aliphatic heterocycles. The van der Waals surface area contributed by atoms with Gasteiger partial charge >= 0.3 is 11.9 Å². The average Bonchev–Trinajstić information content (AvgIpc) is 2.67. The van der Waals surface area contributed by atoms with E-state index in [-0.39, 0.29) is 29.9 Å². The molecule has 2 aromatic rings. The number of aromatic nitrogens is 1. The number of ether oxygens (including phenoxy) is 4. The van der Waals surface area contributed by atoms with E-state index in [1.54, 1.807) is 25.1 Å². The van der Waals surface area contributed by atoms with E-state index < -0.39 is 23.4 Å². The maximum atomic E-state index is 12.5. The van der Waals surface area contributed by atoms with Gasteiger partial charge in [-0.1, -0.05) is 6.07 Å². The molecule has 0 radical (unpaired) electrons. The third-order valence-corrected chi connectivity index (χ3v) is 4.32. The molecule has 0 bridgehead atoms. The number of carbonyl (C=O) groups excluding carboxylic acids is 2. The molecule has 0 saturated heterocycles. The predicted octanol–water partition coefficient (Wildman–Crippen LogP) is 2.01. The number of esters is 2. The Morgan fingerprint density at radius 2 is 1.96 bits per heavy atom. The Labute approximate surface area is 155 Å². The molecule has 8 nitrogen and oxygen atoms in total. The molecule has 142 valence electrons. The second kappa shape index (κ2) is 7.53. The highest BCUT2D eigenvalue weighted by Gasteiger charge is 2.35. The molecular weight excluding hydrogens is 354 g/mol. The number of aromatic amines is 1. The first kappa shape index (κ1) is 18.5. The summed E-state index contributed by atoms with van der Waals surface area (Å²) in [5.74, 6) is -0.890. The summed E-state index contributed by atoms with van der Waals surface area (Å²) in [6.45, 7) is 1.81. The molecule has 1 aliphatic rings. The van der Waals surface area contributed by atoms with Crippen molar-refractivity contribution in [3.05, 3.63) is 51.4 Å². The summed E-state index contributed by atoms with van der Waals surface area (Å²) in [7, 11) is 3.01. The first-order valence-corrected chi connectivity index (χ1v) is 8.35. The van der Waals surface area contributed by atoms with Crippen LogP contribution in [0.15, 0.2) is 29.2 Å². The second-order valence-corrected chi connectivity index (χ2v) is 5.84. The molecule has 0 unspecified atom stereocenters. The number of pyridine rings is 1. The van der Waals surface area contributed by atoms with E-state index in [4.69, 9.17) is 18.9 Å². The zero-order chi connectivity index (χ0) is 19.6. The van der Waals surface area contributed by atoms with Crippen LogP contribution in [0.1, 0.15) is 40.7 Å². The van der Waals surface area contributed by atoms with Crippen LogP contribution in [0.25, 0.3) is 0 Å². The van der Waals surface area contributed by atoms with E-state index in [0.717, 1.165) is 0 Å². The lowest BCUT2D eigenvalue weighted by Gasteiger charge is -2.25. The minimum absolute atomic E-state index is 0.00461. The topological polar surface area (TPSA) is 104 Å². The fourth-order valence-electron chi connectivity index (χ4n) is 3.09. The summed E-state index contributed by atoms with van der Waals surface area (Å²) in [5, 5.41) is 0. The number of rotatable bonds is 5. The fraction of sp³-hybridized carbons (Fsp3) is 0.316. The van der Waals surface area contributed by atoms with Gasteiger partial charge in [-0.3, -0.25) is 9.59 Å². The lowest BCUT2D eigenvalue weighted by molar-refractivity contribution is -0.135. The number of hydrogen-bond acceptors (Lipinski definition) is 7. The second-order valence-electron chi connectivity index (χ2n) is 5.84. The van der Waals surface area contributed by atoms with E-state index in [1.165, 1.54) is 20.4 Å². The number of benzene rings is 1. The molecule has 2 heterocycles. The molecule has 27 heavy (non-hydrogen) atoms. The zero-order valence-electron chi connectivity index (χ0n) is 15.2. The highest BCUT2D eigenvalue weighted by molar-refractivity contribution is 5.94. The zero-order valence-corrected chi connectivity index (χ0v) is 15.2. The molecule has 1 atom stereocenters. The number of methoxy groups -OCH3 is 2. The average molecular weight is 373 g/mol. The van der Waals surface area contributed by atoms with Crippen LogP contribution in [0, 0.1) is 0 Å². The molecule has 0 fully saturated rings. The van der Waals surface area contributed by atoms with Gasteiger partial charge in [0, 0.05) is 12.1 Å². The standard InChI is InChI=1S/C19H19NO7/c1-4-26-19(23)12-9-20-18(22)16-11(8-15(21)27-17(12)16)10-5-6-13(24-2)14(7-10)25-3/h5-7,9,11H,4,8H2,1-3H3,(H,20,22)/t11-/m1/s1. The van der Waals surface area contributed by atoms with Gasteiger partial charge in [-0.15, -0.1) is 0 Å². The molecular formula is C19H19NO7. The van der Waals surface area contributed by atoms with E-state index >= 15 is 0 Å². The fourth-order valence-corrected chi connectivity index (χ4v) is 3.09. The quantitative estimate of drug-likeness (QED) is 0.800. The van der Waals surface area contributed by atoms with Gasteiger partial charge in [0.25, 0.3) is 5.56 Å². The van der Waals surface area contributed by atoms with E-state index in [1.807, 2.05) is 0 Å². The Kier molecular flexibility index (Phi) is 5.16. The summed E-state index contributed by atoms with van der Waals surface area (Å²) < 4.78 is 20.8. The maximum absolute atomic E-state index is 12.5. The molecule has 1 aromatic carbocycles. The first-order valence-electron chi connectivity index (χ1n) is 8.35. The van der Waals surface area contributed by atoms with Crippen LogP contribution in [-0.2, 0) is 9.53 Å². The maximum Gasteiger partial charge on any atom is 0.343 e. The predicted molar refractivity (Wildman–Crippen MR) is 94.7 cm³/mol. The monoisotopic (exact) mass is 373 g/mol. The normalized spacial score (nSPS) is 15.5. The van der Waals surface area contributed by atoms with Crippen LogP contribution < -0.4 is 19.8 Å². The van der Waals surface area contributed by atoms with Crippen molar-refractivity contribution in [1.82, 2.24) is 4.98 Å². The van der Waals surface area contributed by atoms with Crippen molar-refractivity contribution in [3.63, 3.8) is 0 Å². The molecule has 8 heteroatoms. The summed E-state index contributed by atoms with van der Waals surface area (Å²) in [5.41, 5.74) is 0.430. The molecule has 0 amide bonds. The summed E-state index contributed by atoms with van der Waals surface area (Å²) in [6.07, 6.45) is 1.15. The smallest absolute Gasteiger partial charge is 0.343 e. The van der Waals surface area contributed by atoms with Crippen LogP contribution in [0.3, 0.4) is 0 Å². The number of carbonyl (C=O) groups is 2. The van der Waals surface area contributed by atoms with Gasteiger partial charge in [-0.05, 0) is 24.6 Å². The van der Waals surface area contributed by atoms with Crippen molar-refractivity contribution in [3.8, 4) is 17.2 Å². The Balaban J connectivity index is 2.16. The minimum Gasteiger partial charge on any atom is -0.493 e. The molecule has 0 spiro atoms. The van der Waals surface area contributed by atoms with E-state index in [0.29, 0.717) is 17.1 Å². The highest BCUT2D eigenvalue weighted by atomic mass is 16.5. The largest absolute Gasteiger partial charge is 0.493 e. The van der Waals surface area contributed by atoms with E-state index in [9.17, 15) is 14.4 Å². The highest BCUT2D eigenvalue weighted by Crippen LogP contribution is 2.40. The Bertz CT molecular complexity index is 948. The van der Waals surface area contributed by atoms with Crippen molar-refractivity contribution < 1.29 is 28.5 Å². The molecule has 1 aromatic heterocycles. The van der Waals surface area contributed by atoms with Gasteiger partial charge in [-0.25, -0.2) is 4.79 Å². The van der Waals surface area contributed by atoms with Crippen molar-refractivity contribution in [2.75, 3.05) is 20.8 Å². The lowest BCUT2D eigenvalue weighted by Crippen LogP contribution is -2.30. The number of hydrogen-bond donors (Lipinski definition) is 1. The number of nitrogens with one attached hydrogen (secondary N) is 1. The van der Waals surface area contributed by atoms with Crippen LogP contribution in [0.4, 0.5) is 0 Å². The van der Waals surface area contributed by atoms with Gasteiger partial charge in [0.1, 0.15) is 5.56 Å². The Hall–Kier alpha value is -3.29. The van der Waals surface area contributed by atoms with Crippen LogP contribution in [-0.4, -0.2) is 37.7 Å². The number of fused-ring (bicyclic) bond motifs is 1. The molecule has 0 aliphatic carbocycles. The molecule has 1 N–H and O–H groups in total. The summed E-state index contributed by atoms with van der Waals surface area (Å²) in [6, 6.07) is 5.13. The molecule has 3 rings (SSSR count). The van der Waals surface area contributed by atoms with Crippen molar-refractivity contribution in [2.45, 2.75) is 19.3 Å². The van der Waals surface area contributed by atoms with E-state index in [2.05, 4.69) is 4.98 Å². The van der Waals surface area contributed by atoms with Crippen molar-refractivity contribution in [1.29, 1.82) is 0 Å². The minimum atomic E-state index is -0.675. The van der Waals surface area contributed by atoms with Gasteiger partial charge in [0.15, 0.2) is 17.2 Å². The third kappa shape index (κ3) is 3.38. The van der Waals surface area contributed by atoms with Crippen LogP contribution in [0.5, 0.6) is 17.2 Å².